The molecule has 0 aliphatic carbocycles. The van der Waals surface area contributed by atoms with Crippen LogP contribution < -0.4 is 4.90 Å². The molecule has 0 spiro atoms. The molecule has 1 aromatic heterocycles. The molecule has 20 heavy (non-hydrogen) atoms. The summed E-state index contributed by atoms with van der Waals surface area (Å²) in [5.74, 6) is 1.55. The van der Waals surface area contributed by atoms with Gasteiger partial charge < -0.3 is 10.0 Å². The molecule has 0 saturated carbocycles. The SMILES string of the molecule is CC(C)C1CCN(c2nnc(SCC(=O)O)n2C)CC1. The summed E-state index contributed by atoms with van der Waals surface area (Å²) >= 11 is 1.21. The van der Waals surface area contributed by atoms with Crippen LogP contribution in [0.1, 0.15) is 26.7 Å². The number of nitrogens with zero attached hydrogens (tertiary/aromatic N) is 4. The summed E-state index contributed by atoms with van der Waals surface area (Å²) < 4.78 is 1.89. The predicted octanol–water partition coefficient (Wildman–Crippen LogP) is 1.86. The highest BCUT2D eigenvalue weighted by atomic mass is 32.2. The molecule has 0 unspecified atom stereocenters. The number of thioether (sulfide) groups is 1. The lowest BCUT2D eigenvalue weighted by Crippen LogP contribution is -2.36. The first-order valence-corrected chi connectivity index (χ1v) is 7.96. The van der Waals surface area contributed by atoms with Crippen LogP contribution in [0.4, 0.5) is 5.95 Å². The Labute approximate surface area is 123 Å². The highest BCUT2D eigenvalue weighted by molar-refractivity contribution is 7.99. The number of rotatable bonds is 5. The van der Waals surface area contributed by atoms with Crippen molar-refractivity contribution in [3.05, 3.63) is 0 Å². The lowest BCUT2D eigenvalue weighted by Gasteiger charge is -2.34. The van der Waals surface area contributed by atoms with Crippen LogP contribution in [0.25, 0.3) is 0 Å². The fourth-order valence-electron chi connectivity index (χ4n) is 2.60. The van der Waals surface area contributed by atoms with Gasteiger partial charge in [0, 0.05) is 20.1 Å². The highest BCUT2D eigenvalue weighted by Gasteiger charge is 2.24. The molecule has 0 amide bonds. The van der Waals surface area contributed by atoms with E-state index in [4.69, 9.17) is 5.11 Å². The van der Waals surface area contributed by atoms with E-state index >= 15 is 0 Å². The number of piperidine rings is 1. The summed E-state index contributed by atoms with van der Waals surface area (Å²) in [6, 6.07) is 0. The minimum atomic E-state index is -0.836. The molecule has 6 nitrogen and oxygen atoms in total. The first-order valence-electron chi connectivity index (χ1n) is 6.98. The molecule has 0 atom stereocenters. The molecule has 2 rings (SSSR count). The van der Waals surface area contributed by atoms with Crippen molar-refractivity contribution in [2.24, 2.45) is 18.9 Å². The van der Waals surface area contributed by atoms with Crippen LogP contribution >= 0.6 is 11.8 Å². The number of aliphatic carboxylic acids is 1. The highest BCUT2D eigenvalue weighted by Crippen LogP contribution is 2.28. The van der Waals surface area contributed by atoms with E-state index in [-0.39, 0.29) is 5.75 Å². The van der Waals surface area contributed by atoms with Crippen molar-refractivity contribution in [3.63, 3.8) is 0 Å². The zero-order valence-electron chi connectivity index (χ0n) is 12.2. The lowest BCUT2D eigenvalue weighted by molar-refractivity contribution is -0.133. The number of carboxylic acids is 1. The smallest absolute Gasteiger partial charge is 0.313 e. The van der Waals surface area contributed by atoms with E-state index in [1.54, 1.807) is 0 Å². The molecular weight excluding hydrogens is 276 g/mol. The third-order valence-electron chi connectivity index (χ3n) is 3.90. The minimum absolute atomic E-state index is 0.0153. The molecule has 112 valence electrons. The van der Waals surface area contributed by atoms with E-state index in [0.29, 0.717) is 5.16 Å². The Morgan fingerprint density at radius 2 is 2.05 bits per heavy atom. The van der Waals surface area contributed by atoms with Gasteiger partial charge >= 0.3 is 5.97 Å². The van der Waals surface area contributed by atoms with E-state index in [2.05, 4.69) is 28.9 Å². The third kappa shape index (κ3) is 3.45. The standard InChI is InChI=1S/C13H22N4O2S/c1-9(2)10-4-6-17(7-5-10)12-14-15-13(16(12)3)20-8-11(18)19/h9-10H,4-8H2,1-3H3,(H,18,19). The largest absolute Gasteiger partial charge is 0.481 e. The number of aromatic nitrogens is 3. The van der Waals surface area contributed by atoms with Gasteiger partial charge in [0.2, 0.25) is 5.95 Å². The summed E-state index contributed by atoms with van der Waals surface area (Å²) in [6.07, 6.45) is 2.37. The van der Waals surface area contributed by atoms with E-state index in [1.807, 2.05) is 11.6 Å². The molecule has 0 radical (unpaired) electrons. The molecule has 1 fully saturated rings. The molecule has 0 aromatic carbocycles. The van der Waals surface area contributed by atoms with Crippen molar-refractivity contribution in [2.45, 2.75) is 31.8 Å². The predicted molar refractivity (Wildman–Crippen MR) is 79.1 cm³/mol. The average Bonchev–Trinajstić information content (AvgIpc) is 2.78. The van der Waals surface area contributed by atoms with Gasteiger partial charge in [0.15, 0.2) is 5.16 Å². The van der Waals surface area contributed by atoms with Gasteiger partial charge in [0.05, 0.1) is 5.75 Å². The topological polar surface area (TPSA) is 71.2 Å². The fraction of sp³-hybridized carbons (Fsp3) is 0.769. The minimum Gasteiger partial charge on any atom is -0.481 e. The van der Waals surface area contributed by atoms with Crippen LogP contribution in [-0.4, -0.2) is 44.7 Å². The number of hydrogen-bond acceptors (Lipinski definition) is 5. The van der Waals surface area contributed by atoms with Crippen LogP contribution in [0, 0.1) is 11.8 Å². The van der Waals surface area contributed by atoms with Gasteiger partial charge in [-0.3, -0.25) is 9.36 Å². The summed E-state index contributed by atoms with van der Waals surface area (Å²) in [6.45, 7) is 6.56. The summed E-state index contributed by atoms with van der Waals surface area (Å²) in [7, 11) is 1.90. The zero-order valence-corrected chi connectivity index (χ0v) is 13.1. The van der Waals surface area contributed by atoms with Crippen molar-refractivity contribution < 1.29 is 9.90 Å². The first kappa shape index (κ1) is 15.2. The maximum atomic E-state index is 10.6. The van der Waals surface area contributed by atoms with Crippen LogP contribution in [0.3, 0.4) is 0 Å². The monoisotopic (exact) mass is 298 g/mol. The second-order valence-corrected chi connectivity index (χ2v) is 6.53. The Hall–Kier alpha value is -1.24. The van der Waals surface area contributed by atoms with Gasteiger partial charge in [-0.15, -0.1) is 10.2 Å². The average molecular weight is 298 g/mol. The van der Waals surface area contributed by atoms with E-state index in [9.17, 15) is 4.79 Å². The molecule has 2 heterocycles. The van der Waals surface area contributed by atoms with Crippen LogP contribution in [0.5, 0.6) is 0 Å². The first-order chi connectivity index (χ1) is 9.49. The quantitative estimate of drug-likeness (QED) is 0.837. The molecule has 1 N–H and O–H groups in total. The van der Waals surface area contributed by atoms with Crippen molar-refractivity contribution in [1.82, 2.24) is 14.8 Å². The zero-order chi connectivity index (χ0) is 14.7. The normalized spacial score (nSPS) is 16.9. The maximum absolute atomic E-state index is 10.6. The summed E-state index contributed by atoms with van der Waals surface area (Å²) in [5, 5.41) is 17.7. The molecule has 1 aliphatic rings. The van der Waals surface area contributed by atoms with Gasteiger partial charge in [0.25, 0.3) is 0 Å². The molecule has 1 saturated heterocycles. The van der Waals surface area contributed by atoms with Gasteiger partial charge in [-0.1, -0.05) is 25.6 Å². The fourth-order valence-corrected chi connectivity index (χ4v) is 3.23. The molecule has 1 aromatic rings. The molecule has 1 aliphatic heterocycles. The second kappa shape index (κ2) is 6.47. The van der Waals surface area contributed by atoms with Crippen LogP contribution in [0.2, 0.25) is 0 Å². The van der Waals surface area contributed by atoms with Crippen molar-refractivity contribution in [1.29, 1.82) is 0 Å². The van der Waals surface area contributed by atoms with E-state index in [1.165, 1.54) is 24.6 Å². The van der Waals surface area contributed by atoms with Crippen molar-refractivity contribution in [2.75, 3.05) is 23.7 Å². The van der Waals surface area contributed by atoms with Gasteiger partial charge in [-0.25, -0.2) is 0 Å². The Morgan fingerprint density at radius 3 is 2.60 bits per heavy atom. The summed E-state index contributed by atoms with van der Waals surface area (Å²) in [5.41, 5.74) is 0. The van der Waals surface area contributed by atoms with Crippen LogP contribution in [-0.2, 0) is 11.8 Å². The second-order valence-electron chi connectivity index (χ2n) is 5.59. The van der Waals surface area contributed by atoms with E-state index < -0.39 is 5.97 Å². The summed E-state index contributed by atoms with van der Waals surface area (Å²) in [4.78, 5) is 12.9. The number of carbonyl (C=O) groups is 1. The van der Waals surface area contributed by atoms with Gasteiger partial charge in [0.1, 0.15) is 0 Å². The number of anilines is 1. The third-order valence-corrected chi connectivity index (χ3v) is 4.91. The number of hydrogen-bond donors (Lipinski definition) is 1. The van der Waals surface area contributed by atoms with Crippen LogP contribution in [0.15, 0.2) is 5.16 Å². The van der Waals surface area contributed by atoms with Crippen molar-refractivity contribution >= 4 is 23.7 Å². The Morgan fingerprint density at radius 1 is 1.40 bits per heavy atom. The van der Waals surface area contributed by atoms with Gasteiger partial charge in [-0.05, 0) is 24.7 Å². The Bertz CT molecular complexity index is 467. The van der Waals surface area contributed by atoms with Crippen molar-refractivity contribution in [3.8, 4) is 0 Å². The lowest BCUT2D eigenvalue weighted by atomic mass is 9.87. The molecular formula is C13H22N4O2S. The van der Waals surface area contributed by atoms with E-state index in [0.717, 1.165) is 30.9 Å². The van der Waals surface area contributed by atoms with Gasteiger partial charge in [-0.2, -0.15) is 0 Å². The Kier molecular flexibility index (Phi) is 4.91. The number of carboxylic acid groups (broad SMARTS) is 1. The molecule has 0 bridgehead atoms. The Balaban J connectivity index is 1.98. The maximum Gasteiger partial charge on any atom is 0.313 e. The molecule has 7 heteroatoms.